The van der Waals surface area contributed by atoms with Gasteiger partial charge in [0.05, 0.1) is 12.2 Å². The van der Waals surface area contributed by atoms with Crippen LogP contribution in [0.2, 0.25) is 10.3 Å². The minimum absolute atomic E-state index is 0.225. The molecule has 0 saturated carbocycles. The van der Waals surface area contributed by atoms with Crippen molar-refractivity contribution in [3.63, 3.8) is 0 Å². The lowest BCUT2D eigenvalue weighted by atomic mass is 10.1. The molecule has 20 heavy (non-hydrogen) atoms. The number of ether oxygens (including phenoxy) is 1. The predicted octanol–water partition coefficient (Wildman–Crippen LogP) is 3.50. The van der Waals surface area contributed by atoms with Gasteiger partial charge in [0.1, 0.15) is 10.3 Å². The standard InChI is InChI=1S/C13H10Cl2N4O/c1-2-20-13-17-12-16-10(14)9(11(15)19(12)18-13)8-6-4-3-5-7-8/h3-7H,2H2,1H3. The second-order valence-electron chi connectivity index (χ2n) is 3.97. The third kappa shape index (κ3) is 2.19. The van der Waals surface area contributed by atoms with Gasteiger partial charge in [-0.15, -0.1) is 5.10 Å². The van der Waals surface area contributed by atoms with Crippen molar-refractivity contribution in [2.75, 3.05) is 6.61 Å². The van der Waals surface area contributed by atoms with Crippen molar-refractivity contribution < 1.29 is 4.74 Å². The summed E-state index contributed by atoms with van der Waals surface area (Å²) in [7, 11) is 0. The predicted molar refractivity (Wildman–Crippen MR) is 77.4 cm³/mol. The summed E-state index contributed by atoms with van der Waals surface area (Å²) in [5.74, 6) is 0.308. The van der Waals surface area contributed by atoms with Gasteiger partial charge < -0.3 is 4.74 Å². The van der Waals surface area contributed by atoms with Crippen molar-refractivity contribution in [3.8, 4) is 17.1 Å². The normalized spacial score (nSPS) is 10.9. The second kappa shape index (κ2) is 5.26. The monoisotopic (exact) mass is 308 g/mol. The topological polar surface area (TPSA) is 52.3 Å². The minimum atomic E-state index is 0.225. The van der Waals surface area contributed by atoms with Gasteiger partial charge in [0.15, 0.2) is 0 Å². The molecule has 0 unspecified atom stereocenters. The number of aromatic nitrogens is 4. The van der Waals surface area contributed by atoms with E-state index in [1.54, 1.807) is 0 Å². The van der Waals surface area contributed by atoms with Crippen LogP contribution in [0, 0.1) is 0 Å². The van der Waals surface area contributed by atoms with Crippen molar-refractivity contribution in [2.24, 2.45) is 0 Å². The average Bonchev–Trinajstić information content (AvgIpc) is 2.83. The molecular formula is C13H10Cl2N4O. The smallest absolute Gasteiger partial charge is 0.337 e. The zero-order valence-corrected chi connectivity index (χ0v) is 12.1. The lowest BCUT2D eigenvalue weighted by Crippen LogP contribution is -1.97. The van der Waals surface area contributed by atoms with E-state index in [0.717, 1.165) is 5.56 Å². The quantitative estimate of drug-likeness (QED) is 0.695. The van der Waals surface area contributed by atoms with E-state index in [4.69, 9.17) is 27.9 Å². The first-order valence-corrected chi connectivity index (χ1v) is 6.76. The minimum Gasteiger partial charge on any atom is -0.463 e. The largest absolute Gasteiger partial charge is 0.463 e. The molecule has 0 aliphatic carbocycles. The zero-order chi connectivity index (χ0) is 14.1. The van der Waals surface area contributed by atoms with Gasteiger partial charge in [-0.05, 0) is 12.5 Å². The van der Waals surface area contributed by atoms with Gasteiger partial charge in [-0.2, -0.15) is 14.5 Å². The van der Waals surface area contributed by atoms with Gasteiger partial charge in [-0.1, -0.05) is 53.5 Å². The molecule has 0 bridgehead atoms. The van der Waals surface area contributed by atoms with Crippen LogP contribution in [-0.2, 0) is 0 Å². The van der Waals surface area contributed by atoms with Crippen molar-refractivity contribution in [3.05, 3.63) is 40.6 Å². The van der Waals surface area contributed by atoms with Crippen molar-refractivity contribution >= 4 is 29.0 Å². The Morgan fingerprint density at radius 2 is 1.90 bits per heavy atom. The number of fused-ring (bicyclic) bond motifs is 1. The molecule has 7 heteroatoms. The van der Waals surface area contributed by atoms with E-state index in [-0.39, 0.29) is 11.2 Å². The van der Waals surface area contributed by atoms with E-state index in [9.17, 15) is 0 Å². The summed E-state index contributed by atoms with van der Waals surface area (Å²) in [6.07, 6.45) is 0. The lowest BCUT2D eigenvalue weighted by Gasteiger charge is -2.06. The molecule has 0 N–H and O–H groups in total. The number of benzene rings is 1. The fourth-order valence-corrected chi connectivity index (χ4v) is 2.49. The number of rotatable bonds is 3. The van der Waals surface area contributed by atoms with Crippen LogP contribution in [0.15, 0.2) is 30.3 Å². The van der Waals surface area contributed by atoms with Gasteiger partial charge in [-0.25, -0.2) is 0 Å². The Morgan fingerprint density at radius 1 is 1.15 bits per heavy atom. The first kappa shape index (κ1) is 13.1. The first-order valence-electron chi connectivity index (χ1n) is 6.00. The Labute approximate surface area is 125 Å². The molecule has 0 aliphatic heterocycles. The molecule has 1 aromatic carbocycles. The highest BCUT2D eigenvalue weighted by Crippen LogP contribution is 2.33. The highest BCUT2D eigenvalue weighted by Gasteiger charge is 2.17. The van der Waals surface area contributed by atoms with Crippen LogP contribution < -0.4 is 4.74 Å². The summed E-state index contributed by atoms with van der Waals surface area (Å²) in [6.45, 7) is 2.32. The maximum atomic E-state index is 6.38. The molecule has 0 saturated heterocycles. The molecule has 0 atom stereocenters. The number of hydrogen-bond donors (Lipinski definition) is 0. The lowest BCUT2D eigenvalue weighted by molar-refractivity contribution is 0.313. The fourth-order valence-electron chi connectivity index (χ4n) is 1.86. The maximum absolute atomic E-state index is 6.38. The molecule has 5 nitrogen and oxygen atoms in total. The molecule has 2 aromatic heterocycles. The maximum Gasteiger partial charge on any atom is 0.337 e. The van der Waals surface area contributed by atoms with Gasteiger partial charge in [0, 0.05) is 0 Å². The van der Waals surface area contributed by atoms with Crippen LogP contribution >= 0.6 is 23.2 Å². The van der Waals surface area contributed by atoms with Gasteiger partial charge in [-0.3, -0.25) is 0 Å². The van der Waals surface area contributed by atoms with E-state index in [1.165, 1.54) is 4.52 Å². The van der Waals surface area contributed by atoms with Crippen molar-refractivity contribution in [1.29, 1.82) is 0 Å². The number of nitrogens with zero attached hydrogens (tertiary/aromatic N) is 4. The SMILES string of the molecule is CCOc1nc2nc(Cl)c(-c3ccccc3)c(Cl)n2n1. The van der Waals surface area contributed by atoms with Gasteiger partial charge in [0.2, 0.25) is 0 Å². The molecule has 0 fully saturated rings. The van der Waals surface area contributed by atoms with E-state index < -0.39 is 0 Å². The number of hydrogen-bond acceptors (Lipinski definition) is 4. The van der Waals surface area contributed by atoms with E-state index >= 15 is 0 Å². The molecule has 3 rings (SSSR count). The van der Waals surface area contributed by atoms with Crippen LogP contribution in [0.4, 0.5) is 0 Å². The Morgan fingerprint density at radius 3 is 2.60 bits per heavy atom. The van der Waals surface area contributed by atoms with Crippen LogP contribution in [0.1, 0.15) is 6.92 Å². The summed E-state index contributed by atoms with van der Waals surface area (Å²) >= 11 is 12.6. The molecule has 0 spiro atoms. The van der Waals surface area contributed by atoms with Crippen molar-refractivity contribution in [1.82, 2.24) is 19.6 Å². The molecule has 102 valence electrons. The Balaban J connectivity index is 2.23. The zero-order valence-electron chi connectivity index (χ0n) is 10.5. The summed E-state index contributed by atoms with van der Waals surface area (Å²) in [6, 6.07) is 9.75. The van der Waals surface area contributed by atoms with E-state index in [0.29, 0.717) is 23.1 Å². The van der Waals surface area contributed by atoms with Gasteiger partial charge in [0.25, 0.3) is 5.78 Å². The fraction of sp³-hybridized carbons (Fsp3) is 0.154. The Bertz CT molecular complexity index is 758. The third-order valence-corrected chi connectivity index (χ3v) is 3.33. The summed E-state index contributed by atoms with van der Waals surface area (Å²) in [4.78, 5) is 8.31. The van der Waals surface area contributed by atoms with Gasteiger partial charge >= 0.3 is 6.01 Å². The Hall–Kier alpha value is -1.85. The highest BCUT2D eigenvalue weighted by molar-refractivity contribution is 6.38. The van der Waals surface area contributed by atoms with Crippen LogP contribution in [0.25, 0.3) is 16.9 Å². The molecule has 0 aliphatic rings. The van der Waals surface area contributed by atoms with Crippen LogP contribution in [0.3, 0.4) is 0 Å². The average molecular weight is 309 g/mol. The van der Waals surface area contributed by atoms with E-state index in [2.05, 4.69) is 15.1 Å². The summed E-state index contributed by atoms with van der Waals surface area (Å²) in [5, 5.41) is 4.79. The van der Waals surface area contributed by atoms with Crippen LogP contribution in [0.5, 0.6) is 6.01 Å². The molecular weight excluding hydrogens is 299 g/mol. The number of halogens is 2. The first-order chi connectivity index (χ1) is 9.70. The molecule has 0 amide bonds. The van der Waals surface area contributed by atoms with E-state index in [1.807, 2.05) is 37.3 Å². The second-order valence-corrected chi connectivity index (χ2v) is 4.69. The molecule has 3 aromatic rings. The highest BCUT2D eigenvalue weighted by atomic mass is 35.5. The van der Waals surface area contributed by atoms with Crippen molar-refractivity contribution in [2.45, 2.75) is 6.92 Å². The van der Waals surface area contributed by atoms with Crippen LogP contribution in [-0.4, -0.2) is 26.2 Å². The summed E-state index contributed by atoms with van der Waals surface area (Å²) in [5.41, 5.74) is 1.49. The Kier molecular flexibility index (Phi) is 3.46. The molecule has 0 radical (unpaired) electrons. The summed E-state index contributed by atoms with van der Waals surface area (Å²) < 4.78 is 6.66. The molecule has 2 heterocycles. The third-order valence-electron chi connectivity index (χ3n) is 2.70.